The molecule has 1 atom stereocenters. The molecule has 0 aliphatic heterocycles. The van der Waals surface area contributed by atoms with Gasteiger partial charge in [-0.2, -0.15) is 11.3 Å². The van der Waals surface area contributed by atoms with Crippen LogP contribution in [0.4, 0.5) is 5.82 Å². The summed E-state index contributed by atoms with van der Waals surface area (Å²) < 4.78 is 0. The number of rotatable bonds is 6. The van der Waals surface area contributed by atoms with Crippen molar-refractivity contribution in [2.45, 2.75) is 38.4 Å². The lowest BCUT2D eigenvalue weighted by Crippen LogP contribution is -2.26. The molecule has 0 saturated heterocycles. The van der Waals surface area contributed by atoms with E-state index in [1.54, 1.807) is 11.3 Å². The standard InChI is InChI=1S/C16H21N3S/c1-12(17-2)14-5-7-18-16(9-14)19(15-3-4-15)10-13-6-8-20-11-13/h5-9,11-12,15,17H,3-4,10H2,1-2H3. The highest BCUT2D eigenvalue weighted by Crippen LogP contribution is 2.33. The van der Waals surface area contributed by atoms with Crippen LogP contribution in [0.15, 0.2) is 35.2 Å². The fourth-order valence-electron chi connectivity index (χ4n) is 2.39. The minimum Gasteiger partial charge on any atom is -0.349 e. The molecule has 0 amide bonds. The maximum absolute atomic E-state index is 4.60. The quantitative estimate of drug-likeness (QED) is 0.880. The van der Waals surface area contributed by atoms with Gasteiger partial charge in [-0.3, -0.25) is 0 Å². The minimum absolute atomic E-state index is 0.360. The average molecular weight is 287 g/mol. The molecule has 3 rings (SSSR count). The zero-order valence-corrected chi connectivity index (χ0v) is 12.9. The zero-order valence-electron chi connectivity index (χ0n) is 12.0. The van der Waals surface area contributed by atoms with Crippen LogP contribution >= 0.6 is 11.3 Å². The van der Waals surface area contributed by atoms with Crippen molar-refractivity contribution in [2.75, 3.05) is 11.9 Å². The Balaban J connectivity index is 1.84. The second-order valence-corrected chi connectivity index (χ2v) is 6.23. The van der Waals surface area contributed by atoms with E-state index >= 15 is 0 Å². The highest BCUT2D eigenvalue weighted by atomic mass is 32.1. The van der Waals surface area contributed by atoms with Crippen molar-refractivity contribution in [3.8, 4) is 0 Å². The van der Waals surface area contributed by atoms with Crippen molar-refractivity contribution < 1.29 is 0 Å². The highest BCUT2D eigenvalue weighted by molar-refractivity contribution is 7.07. The molecule has 1 fully saturated rings. The molecule has 0 spiro atoms. The lowest BCUT2D eigenvalue weighted by Gasteiger charge is -2.24. The van der Waals surface area contributed by atoms with E-state index in [4.69, 9.17) is 0 Å². The van der Waals surface area contributed by atoms with Gasteiger partial charge in [0.15, 0.2) is 0 Å². The van der Waals surface area contributed by atoms with Crippen LogP contribution in [0.5, 0.6) is 0 Å². The predicted octanol–water partition coefficient (Wildman–Crippen LogP) is 3.59. The Hall–Kier alpha value is -1.39. The molecule has 3 nitrogen and oxygen atoms in total. The van der Waals surface area contributed by atoms with Gasteiger partial charge < -0.3 is 10.2 Å². The summed E-state index contributed by atoms with van der Waals surface area (Å²) in [5.74, 6) is 1.11. The molecular weight excluding hydrogens is 266 g/mol. The van der Waals surface area contributed by atoms with Crippen LogP contribution in [0, 0.1) is 0 Å². The number of hydrogen-bond acceptors (Lipinski definition) is 4. The molecule has 106 valence electrons. The summed E-state index contributed by atoms with van der Waals surface area (Å²) in [5.41, 5.74) is 2.68. The van der Waals surface area contributed by atoms with Gasteiger partial charge in [0.2, 0.25) is 0 Å². The first-order chi connectivity index (χ1) is 9.78. The second-order valence-electron chi connectivity index (χ2n) is 5.45. The van der Waals surface area contributed by atoms with Gasteiger partial charge in [0, 0.05) is 24.8 Å². The Labute approximate surface area is 124 Å². The van der Waals surface area contributed by atoms with E-state index in [1.165, 1.54) is 24.0 Å². The molecule has 0 aromatic carbocycles. The van der Waals surface area contributed by atoms with E-state index in [-0.39, 0.29) is 0 Å². The molecule has 1 aliphatic carbocycles. The first kappa shape index (κ1) is 13.6. The van der Waals surface area contributed by atoms with E-state index in [9.17, 15) is 0 Å². The second kappa shape index (κ2) is 5.94. The Bertz CT molecular complexity index is 549. The molecule has 1 unspecified atom stereocenters. The third-order valence-electron chi connectivity index (χ3n) is 3.92. The van der Waals surface area contributed by atoms with Crippen LogP contribution in [0.3, 0.4) is 0 Å². The van der Waals surface area contributed by atoms with E-state index in [1.807, 2.05) is 13.2 Å². The van der Waals surface area contributed by atoms with Crippen molar-refractivity contribution in [3.63, 3.8) is 0 Å². The van der Waals surface area contributed by atoms with Crippen LogP contribution in [-0.4, -0.2) is 18.1 Å². The maximum Gasteiger partial charge on any atom is 0.129 e. The number of nitrogens with zero attached hydrogens (tertiary/aromatic N) is 2. The summed E-state index contributed by atoms with van der Waals surface area (Å²) in [6.07, 6.45) is 4.51. The van der Waals surface area contributed by atoms with Crippen molar-refractivity contribution in [3.05, 3.63) is 46.3 Å². The summed E-state index contributed by atoms with van der Waals surface area (Å²) >= 11 is 1.76. The molecule has 4 heteroatoms. The Morgan fingerprint density at radius 1 is 1.45 bits per heavy atom. The van der Waals surface area contributed by atoms with Gasteiger partial charge in [0.25, 0.3) is 0 Å². The van der Waals surface area contributed by atoms with Crippen molar-refractivity contribution in [1.29, 1.82) is 0 Å². The summed E-state index contributed by atoms with van der Waals surface area (Å²) in [5, 5.41) is 7.67. The molecule has 2 aromatic rings. The van der Waals surface area contributed by atoms with Gasteiger partial charge in [0.1, 0.15) is 5.82 Å². The fraction of sp³-hybridized carbons (Fsp3) is 0.438. The third-order valence-corrected chi connectivity index (χ3v) is 4.65. The van der Waals surface area contributed by atoms with Crippen molar-refractivity contribution in [1.82, 2.24) is 10.3 Å². The van der Waals surface area contributed by atoms with Crippen LogP contribution in [-0.2, 0) is 6.54 Å². The van der Waals surface area contributed by atoms with Crippen LogP contribution in [0.2, 0.25) is 0 Å². The van der Waals surface area contributed by atoms with E-state index in [0.29, 0.717) is 12.1 Å². The van der Waals surface area contributed by atoms with Gasteiger partial charge in [-0.25, -0.2) is 4.98 Å². The van der Waals surface area contributed by atoms with E-state index in [0.717, 1.165) is 12.4 Å². The van der Waals surface area contributed by atoms with Crippen LogP contribution in [0.1, 0.15) is 36.9 Å². The van der Waals surface area contributed by atoms with Gasteiger partial charge in [0.05, 0.1) is 0 Å². The molecule has 1 saturated carbocycles. The number of anilines is 1. The summed E-state index contributed by atoms with van der Waals surface area (Å²) in [6, 6.07) is 7.56. The van der Waals surface area contributed by atoms with Crippen molar-refractivity contribution in [2.24, 2.45) is 0 Å². The summed E-state index contributed by atoms with van der Waals surface area (Å²) in [4.78, 5) is 7.05. The number of aromatic nitrogens is 1. The first-order valence-electron chi connectivity index (χ1n) is 7.19. The van der Waals surface area contributed by atoms with Crippen LogP contribution in [0.25, 0.3) is 0 Å². The lowest BCUT2D eigenvalue weighted by molar-refractivity contribution is 0.650. The molecule has 2 heterocycles. The third kappa shape index (κ3) is 3.02. The largest absolute Gasteiger partial charge is 0.349 e. The normalized spacial score (nSPS) is 16.1. The van der Waals surface area contributed by atoms with Gasteiger partial charge in [-0.05, 0) is 66.9 Å². The van der Waals surface area contributed by atoms with Crippen LogP contribution < -0.4 is 10.2 Å². The fourth-order valence-corrected chi connectivity index (χ4v) is 3.05. The van der Waals surface area contributed by atoms with Crippen molar-refractivity contribution >= 4 is 17.2 Å². The first-order valence-corrected chi connectivity index (χ1v) is 8.13. The topological polar surface area (TPSA) is 28.2 Å². The number of pyridine rings is 1. The smallest absolute Gasteiger partial charge is 0.129 e. The van der Waals surface area contributed by atoms with E-state index < -0.39 is 0 Å². The molecule has 20 heavy (non-hydrogen) atoms. The number of thiophene rings is 1. The Morgan fingerprint density at radius 2 is 2.30 bits per heavy atom. The van der Waals surface area contributed by atoms with Gasteiger partial charge in [-0.15, -0.1) is 0 Å². The average Bonchev–Trinajstić information content (AvgIpc) is 3.20. The van der Waals surface area contributed by atoms with Gasteiger partial charge in [-0.1, -0.05) is 0 Å². The number of nitrogens with one attached hydrogen (secondary N) is 1. The maximum atomic E-state index is 4.60. The summed E-state index contributed by atoms with van der Waals surface area (Å²) in [7, 11) is 1.99. The number of hydrogen-bond donors (Lipinski definition) is 1. The molecule has 1 N–H and O–H groups in total. The zero-order chi connectivity index (χ0) is 13.9. The molecule has 0 radical (unpaired) electrons. The minimum atomic E-state index is 0.360. The summed E-state index contributed by atoms with van der Waals surface area (Å²) in [6.45, 7) is 3.15. The monoisotopic (exact) mass is 287 g/mol. The Kier molecular flexibility index (Phi) is 4.03. The van der Waals surface area contributed by atoms with Gasteiger partial charge >= 0.3 is 0 Å². The molecule has 0 bridgehead atoms. The predicted molar refractivity (Wildman–Crippen MR) is 85.2 cm³/mol. The SMILES string of the molecule is CNC(C)c1ccnc(N(Cc2ccsc2)C2CC2)c1. The molecular formula is C16H21N3S. The highest BCUT2D eigenvalue weighted by Gasteiger charge is 2.30. The Morgan fingerprint density at radius 3 is 2.95 bits per heavy atom. The lowest BCUT2D eigenvalue weighted by atomic mass is 10.1. The molecule has 1 aliphatic rings. The molecule has 2 aromatic heterocycles. The van der Waals surface area contributed by atoms with E-state index in [2.05, 4.69) is 51.1 Å².